The van der Waals surface area contributed by atoms with Crippen LogP contribution in [0.3, 0.4) is 0 Å². The van der Waals surface area contributed by atoms with Crippen molar-refractivity contribution in [2.75, 3.05) is 13.1 Å². The maximum Gasteiger partial charge on any atom is 0.312 e. The molecule has 2 unspecified atom stereocenters. The summed E-state index contributed by atoms with van der Waals surface area (Å²) in [5.41, 5.74) is 6.27. The van der Waals surface area contributed by atoms with Crippen LogP contribution in [0, 0.1) is 0 Å². The van der Waals surface area contributed by atoms with Crippen LogP contribution in [-0.4, -0.2) is 42.1 Å². The number of nitrogens with zero attached hydrogens (tertiary/aromatic N) is 1. The molecule has 0 aliphatic carbocycles. The van der Waals surface area contributed by atoms with Gasteiger partial charge in [0, 0.05) is 6.54 Å². The highest BCUT2D eigenvalue weighted by atomic mass is 32.1. The number of morpholine rings is 1. The number of ether oxygens (including phenoxy) is 1. The fraction of sp³-hybridized carbons (Fsp3) is 0.600. The first kappa shape index (κ1) is 16.8. The summed E-state index contributed by atoms with van der Waals surface area (Å²) in [6, 6.07) is 0.791. The lowest BCUT2D eigenvalue weighted by Crippen LogP contribution is -2.54. The molecule has 7 heteroatoms. The summed E-state index contributed by atoms with van der Waals surface area (Å²) in [7, 11) is 0. The molecule has 2 heterocycles. The molecule has 1 saturated heterocycles. The normalized spacial score (nSPS) is 23.1. The summed E-state index contributed by atoms with van der Waals surface area (Å²) in [6.07, 6.45) is 1.22. The van der Waals surface area contributed by atoms with Crippen molar-refractivity contribution in [3.63, 3.8) is 0 Å². The van der Waals surface area contributed by atoms with E-state index < -0.39 is 12.1 Å². The molecule has 1 aromatic rings. The van der Waals surface area contributed by atoms with Crippen LogP contribution in [0.25, 0.3) is 0 Å². The Morgan fingerprint density at radius 1 is 1.55 bits per heavy atom. The number of rotatable bonds is 5. The lowest BCUT2D eigenvalue weighted by atomic mass is 10.1. The Bertz CT molecular complexity index is 506. The number of hydrogen-bond donors (Lipinski definition) is 2. The SMILES string of the molecule is CCC[C@@H](NC(N)=O)C(=O)N1CC(C)OC(c2ccsc2)C1. The van der Waals surface area contributed by atoms with Crippen molar-refractivity contribution in [1.29, 1.82) is 0 Å². The topological polar surface area (TPSA) is 84.7 Å². The van der Waals surface area contributed by atoms with Gasteiger partial charge in [0.15, 0.2) is 0 Å². The van der Waals surface area contributed by atoms with Crippen molar-refractivity contribution in [2.24, 2.45) is 5.73 Å². The largest absolute Gasteiger partial charge is 0.367 e. The van der Waals surface area contributed by atoms with Crippen molar-refractivity contribution in [1.82, 2.24) is 10.2 Å². The standard InChI is InChI=1S/C15H23N3O3S/c1-3-4-12(17-15(16)20)14(19)18-7-10(2)21-13(8-18)11-5-6-22-9-11/h5-6,9-10,12-13H,3-4,7-8H2,1-2H3,(H3,16,17,20)/t10?,12-,13?/m1/s1. The molecule has 0 aromatic carbocycles. The first-order chi connectivity index (χ1) is 10.5. The summed E-state index contributed by atoms with van der Waals surface area (Å²) in [4.78, 5) is 25.6. The maximum absolute atomic E-state index is 12.7. The summed E-state index contributed by atoms with van der Waals surface area (Å²) < 4.78 is 5.93. The zero-order valence-corrected chi connectivity index (χ0v) is 13.8. The van der Waals surface area contributed by atoms with E-state index in [0.29, 0.717) is 19.5 Å². The molecule has 1 fully saturated rings. The molecule has 3 atom stereocenters. The van der Waals surface area contributed by atoms with E-state index in [4.69, 9.17) is 10.5 Å². The second kappa shape index (κ2) is 7.60. The molecule has 1 aromatic heterocycles. The molecule has 1 aliphatic heterocycles. The Labute approximate surface area is 134 Å². The van der Waals surface area contributed by atoms with E-state index in [-0.39, 0.29) is 18.1 Å². The van der Waals surface area contributed by atoms with E-state index in [9.17, 15) is 9.59 Å². The number of thiophene rings is 1. The molecule has 6 nitrogen and oxygen atoms in total. The number of nitrogens with two attached hydrogens (primary N) is 1. The van der Waals surface area contributed by atoms with Gasteiger partial charge in [-0.1, -0.05) is 13.3 Å². The highest BCUT2D eigenvalue weighted by Gasteiger charge is 2.33. The smallest absolute Gasteiger partial charge is 0.312 e. The van der Waals surface area contributed by atoms with Gasteiger partial charge < -0.3 is 20.7 Å². The van der Waals surface area contributed by atoms with Gasteiger partial charge in [-0.3, -0.25) is 4.79 Å². The molecule has 0 bridgehead atoms. The second-order valence-electron chi connectivity index (χ2n) is 5.59. The third kappa shape index (κ3) is 4.20. The third-order valence-corrected chi connectivity index (χ3v) is 4.38. The number of nitrogens with one attached hydrogen (secondary N) is 1. The zero-order valence-electron chi connectivity index (χ0n) is 13.0. The van der Waals surface area contributed by atoms with Crippen molar-refractivity contribution >= 4 is 23.3 Å². The number of carbonyl (C=O) groups is 2. The minimum atomic E-state index is -0.664. The Hall–Kier alpha value is -1.60. The van der Waals surface area contributed by atoms with Crippen molar-refractivity contribution in [3.05, 3.63) is 22.4 Å². The molecule has 0 spiro atoms. The summed E-state index contributed by atoms with van der Waals surface area (Å²) in [5, 5.41) is 6.59. The summed E-state index contributed by atoms with van der Waals surface area (Å²) in [6.45, 7) is 4.95. The fourth-order valence-corrected chi connectivity index (χ4v) is 3.41. The number of amides is 3. The van der Waals surface area contributed by atoms with E-state index in [1.54, 1.807) is 16.2 Å². The van der Waals surface area contributed by atoms with Crippen LogP contribution >= 0.6 is 11.3 Å². The van der Waals surface area contributed by atoms with Gasteiger partial charge in [0.25, 0.3) is 0 Å². The molecule has 3 amide bonds. The summed E-state index contributed by atoms with van der Waals surface area (Å²) in [5.74, 6) is -0.0870. The lowest BCUT2D eigenvalue weighted by Gasteiger charge is -2.38. The van der Waals surface area contributed by atoms with Crippen molar-refractivity contribution in [2.45, 2.75) is 44.9 Å². The zero-order chi connectivity index (χ0) is 16.1. The molecule has 22 heavy (non-hydrogen) atoms. The van der Waals surface area contributed by atoms with Gasteiger partial charge in [-0.25, -0.2) is 4.79 Å². The van der Waals surface area contributed by atoms with Crippen LogP contribution in [0.5, 0.6) is 0 Å². The van der Waals surface area contributed by atoms with Crippen LogP contribution in [-0.2, 0) is 9.53 Å². The molecular formula is C15H23N3O3S. The highest BCUT2D eigenvalue weighted by Crippen LogP contribution is 2.27. The molecular weight excluding hydrogens is 302 g/mol. The van der Waals surface area contributed by atoms with Crippen molar-refractivity contribution < 1.29 is 14.3 Å². The first-order valence-corrected chi connectivity index (χ1v) is 8.47. The average Bonchev–Trinajstić information content (AvgIpc) is 2.99. The van der Waals surface area contributed by atoms with E-state index >= 15 is 0 Å². The molecule has 0 saturated carbocycles. The molecule has 2 rings (SSSR count). The third-order valence-electron chi connectivity index (χ3n) is 3.68. The van der Waals surface area contributed by atoms with Gasteiger partial charge in [0.1, 0.15) is 12.1 Å². The van der Waals surface area contributed by atoms with Crippen LogP contribution in [0.1, 0.15) is 38.4 Å². The van der Waals surface area contributed by atoms with E-state index in [1.165, 1.54) is 0 Å². The predicted molar refractivity (Wildman–Crippen MR) is 85.6 cm³/mol. The van der Waals surface area contributed by atoms with E-state index in [2.05, 4.69) is 5.32 Å². The molecule has 3 N–H and O–H groups in total. The molecule has 1 aliphatic rings. The minimum absolute atomic E-state index is 0.0431. The predicted octanol–water partition coefficient (Wildman–Crippen LogP) is 1.87. The Balaban J connectivity index is 2.08. The van der Waals surface area contributed by atoms with Gasteiger partial charge in [-0.05, 0) is 35.7 Å². The van der Waals surface area contributed by atoms with Gasteiger partial charge in [-0.15, -0.1) is 0 Å². The lowest BCUT2D eigenvalue weighted by molar-refractivity contribution is -0.147. The Morgan fingerprint density at radius 3 is 2.91 bits per heavy atom. The Morgan fingerprint density at radius 2 is 2.32 bits per heavy atom. The van der Waals surface area contributed by atoms with Gasteiger partial charge in [0.2, 0.25) is 5.91 Å². The van der Waals surface area contributed by atoms with Crippen LogP contribution in [0.4, 0.5) is 4.79 Å². The van der Waals surface area contributed by atoms with Gasteiger partial charge >= 0.3 is 6.03 Å². The highest BCUT2D eigenvalue weighted by molar-refractivity contribution is 7.07. The monoisotopic (exact) mass is 325 g/mol. The summed E-state index contributed by atoms with van der Waals surface area (Å²) >= 11 is 1.61. The number of carbonyl (C=O) groups excluding carboxylic acids is 2. The van der Waals surface area contributed by atoms with E-state index in [1.807, 2.05) is 30.7 Å². The van der Waals surface area contributed by atoms with E-state index in [0.717, 1.165) is 12.0 Å². The number of urea groups is 1. The quantitative estimate of drug-likeness (QED) is 0.867. The van der Waals surface area contributed by atoms with Gasteiger partial charge in [0.05, 0.1) is 12.6 Å². The average molecular weight is 325 g/mol. The fourth-order valence-electron chi connectivity index (χ4n) is 2.71. The Kier molecular flexibility index (Phi) is 5.79. The molecule has 0 radical (unpaired) electrons. The van der Waals surface area contributed by atoms with Gasteiger partial charge in [-0.2, -0.15) is 11.3 Å². The van der Waals surface area contributed by atoms with Crippen LogP contribution < -0.4 is 11.1 Å². The minimum Gasteiger partial charge on any atom is -0.367 e. The number of primary amides is 1. The van der Waals surface area contributed by atoms with Crippen molar-refractivity contribution in [3.8, 4) is 0 Å². The first-order valence-electron chi connectivity index (χ1n) is 7.53. The van der Waals surface area contributed by atoms with Crippen LogP contribution in [0.2, 0.25) is 0 Å². The second-order valence-corrected chi connectivity index (χ2v) is 6.37. The van der Waals surface area contributed by atoms with Crippen LogP contribution in [0.15, 0.2) is 16.8 Å². The number of hydrogen-bond acceptors (Lipinski definition) is 4. The molecule has 122 valence electrons. The maximum atomic E-state index is 12.7.